The molecule has 7 nitrogen and oxygen atoms in total. The van der Waals surface area contributed by atoms with Crippen LogP contribution in [0.15, 0.2) is 54.6 Å². The maximum Gasteiger partial charge on any atom is 0.173 e. The SMILES string of the molecule is CN(C)c1ccc([C@H](c2nnnn2C2CCCC2)N2CCN(Cc3ccccc3)CC2)cc1. The number of hydrogen-bond acceptors (Lipinski definition) is 6. The molecule has 0 amide bonds. The Morgan fingerprint density at radius 2 is 1.61 bits per heavy atom. The van der Waals surface area contributed by atoms with Crippen LogP contribution in [0.25, 0.3) is 0 Å². The molecule has 1 aliphatic carbocycles. The lowest BCUT2D eigenvalue weighted by atomic mass is 10.0. The van der Waals surface area contributed by atoms with Gasteiger partial charge in [0.2, 0.25) is 0 Å². The first-order chi connectivity index (χ1) is 16.2. The second-order valence-corrected chi connectivity index (χ2v) is 9.61. The molecule has 7 heteroatoms. The molecule has 3 aromatic rings. The summed E-state index contributed by atoms with van der Waals surface area (Å²) >= 11 is 0. The van der Waals surface area contributed by atoms with E-state index < -0.39 is 0 Å². The summed E-state index contributed by atoms with van der Waals surface area (Å²) in [7, 11) is 4.16. The molecule has 2 aliphatic rings. The lowest BCUT2D eigenvalue weighted by molar-refractivity contribution is 0.0993. The van der Waals surface area contributed by atoms with Crippen molar-refractivity contribution in [1.29, 1.82) is 0 Å². The van der Waals surface area contributed by atoms with Crippen LogP contribution in [0.5, 0.6) is 0 Å². The van der Waals surface area contributed by atoms with Crippen molar-refractivity contribution >= 4 is 5.69 Å². The molecule has 0 N–H and O–H groups in total. The van der Waals surface area contributed by atoms with Crippen LogP contribution in [0.3, 0.4) is 0 Å². The average Bonchev–Trinajstić information content (AvgIpc) is 3.54. The van der Waals surface area contributed by atoms with Crippen molar-refractivity contribution in [2.45, 2.75) is 44.3 Å². The fraction of sp³-hybridized carbons (Fsp3) is 0.500. The van der Waals surface area contributed by atoms with Crippen molar-refractivity contribution in [2.24, 2.45) is 0 Å². The molecule has 33 heavy (non-hydrogen) atoms. The first-order valence-corrected chi connectivity index (χ1v) is 12.2. The van der Waals surface area contributed by atoms with Gasteiger partial charge in [-0.25, -0.2) is 4.68 Å². The van der Waals surface area contributed by atoms with Crippen molar-refractivity contribution in [3.63, 3.8) is 0 Å². The summed E-state index contributed by atoms with van der Waals surface area (Å²) < 4.78 is 2.13. The Balaban J connectivity index is 1.38. The Labute approximate surface area is 197 Å². The van der Waals surface area contributed by atoms with Gasteiger partial charge in [-0.05, 0) is 46.5 Å². The van der Waals surface area contributed by atoms with Crippen LogP contribution < -0.4 is 4.90 Å². The summed E-state index contributed by atoms with van der Waals surface area (Å²) in [5, 5.41) is 13.2. The highest BCUT2D eigenvalue weighted by molar-refractivity contribution is 5.47. The van der Waals surface area contributed by atoms with Crippen LogP contribution in [0.4, 0.5) is 5.69 Å². The molecule has 1 aromatic heterocycles. The van der Waals surface area contributed by atoms with E-state index in [1.165, 1.54) is 42.5 Å². The van der Waals surface area contributed by atoms with Gasteiger partial charge in [0.25, 0.3) is 0 Å². The molecule has 2 aromatic carbocycles. The third-order valence-corrected chi connectivity index (χ3v) is 7.18. The molecular formula is C26H35N7. The number of nitrogens with zero attached hydrogens (tertiary/aromatic N) is 7. The van der Waals surface area contributed by atoms with Crippen LogP contribution in [-0.4, -0.2) is 70.3 Å². The van der Waals surface area contributed by atoms with E-state index in [0.29, 0.717) is 6.04 Å². The number of tetrazole rings is 1. The molecule has 0 bridgehead atoms. The lowest BCUT2D eigenvalue weighted by Gasteiger charge is -2.39. The molecule has 1 saturated heterocycles. The maximum atomic E-state index is 4.59. The Bertz CT molecular complexity index is 1000. The Morgan fingerprint density at radius 1 is 0.909 bits per heavy atom. The summed E-state index contributed by atoms with van der Waals surface area (Å²) in [4.78, 5) is 7.27. The summed E-state index contributed by atoms with van der Waals surface area (Å²) in [6.45, 7) is 5.12. The van der Waals surface area contributed by atoms with Crippen molar-refractivity contribution in [3.05, 3.63) is 71.5 Å². The van der Waals surface area contributed by atoms with Crippen molar-refractivity contribution in [3.8, 4) is 0 Å². The zero-order chi connectivity index (χ0) is 22.6. The molecule has 0 unspecified atom stereocenters. The monoisotopic (exact) mass is 445 g/mol. The standard InChI is InChI=1S/C26H35N7/c1-30(2)23-14-12-22(13-15-23)25(26-27-28-29-33(26)24-10-6-7-11-24)32-18-16-31(17-19-32)20-21-8-4-3-5-9-21/h3-5,8-9,12-15,24-25H,6-7,10-11,16-20H2,1-2H3/t25-/m1/s1. The Kier molecular flexibility index (Phi) is 6.69. The number of rotatable bonds is 7. The van der Waals surface area contributed by atoms with Gasteiger partial charge in [0, 0.05) is 52.5 Å². The van der Waals surface area contributed by atoms with E-state index in [1.54, 1.807) is 0 Å². The van der Waals surface area contributed by atoms with Crippen LogP contribution in [0.1, 0.15) is 54.7 Å². The molecule has 1 atom stereocenters. The van der Waals surface area contributed by atoms with Gasteiger partial charge in [0.05, 0.1) is 12.1 Å². The topological polar surface area (TPSA) is 53.3 Å². The third kappa shape index (κ3) is 4.94. The molecule has 2 fully saturated rings. The van der Waals surface area contributed by atoms with Crippen molar-refractivity contribution in [2.75, 3.05) is 45.2 Å². The van der Waals surface area contributed by atoms with Gasteiger partial charge in [-0.3, -0.25) is 9.80 Å². The van der Waals surface area contributed by atoms with Crippen molar-refractivity contribution in [1.82, 2.24) is 30.0 Å². The van der Waals surface area contributed by atoms with Crippen LogP contribution in [0, 0.1) is 0 Å². The van der Waals surface area contributed by atoms with Crippen LogP contribution in [-0.2, 0) is 6.54 Å². The van der Waals surface area contributed by atoms with Crippen molar-refractivity contribution < 1.29 is 0 Å². The lowest BCUT2D eigenvalue weighted by Crippen LogP contribution is -2.48. The molecule has 1 saturated carbocycles. The largest absolute Gasteiger partial charge is 0.378 e. The number of hydrogen-bond donors (Lipinski definition) is 0. The molecule has 2 heterocycles. The highest BCUT2D eigenvalue weighted by atomic mass is 15.6. The van der Waals surface area contributed by atoms with Gasteiger partial charge in [-0.1, -0.05) is 55.3 Å². The number of piperazine rings is 1. The second-order valence-electron chi connectivity index (χ2n) is 9.61. The number of benzene rings is 2. The van der Waals surface area contributed by atoms with E-state index in [0.717, 1.165) is 38.5 Å². The minimum Gasteiger partial charge on any atom is -0.378 e. The number of aromatic nitrogens is 4. The average molecular weight is 446 g/mol. The Hall–Kier alpha value is -2.77. The highest BCUT2D eigenvalue weighted by Crippen LogP contribution is 2.35. The fourth-order valence-corrected chi connectivity index (χ4v) is 5.29. The predicted molar refractivity (Wildman–Crippen MR) is 131 cm³/mol. The van der Waals surface area contributed by atoms with Gasteiger partial charge >= 0.3 is 0 Å². The van der Waals surface area contributed by atoms with E-state index in [1.807, 2.05) is 0 Å². The zero-order valence-corrected chi connectivity index (χ0v) is 19.8. The molecular weight excluding hydrogens is 410 g/mol. The van der Waals surface area contributed by atoms with Gasteiger partial charge in [0.15, 0.2) is 5.82 Å². The van der Waals surface area contributed by atoms with E-state index in [2.05, 4.69) is 104 Å². The fourth-order valence-electron chi connectivity index (χ4n) is 5.29. The van der Waals surface area contributed by atoms with Crippen LogP contribution in [0.2, 0.25) is 0 Å². The normalized spacial score (nSPS) is 19.1. The Morgan fingerprint density at radius 3 is 2.27 bits per heavy atom. The summed E-state index contributed by atoms with van der Waals surface area (Å²) in [6, 6.07) is 20.2. The van der Waals surface area contributed by atoms with Gasteiger partial charge in [-0.15, -0.1) is 5.10 Å². The van der Waals surface area contributed by atoms with Gasteiger partial charge in [-0.2, -0.15) is 0 Å². The predicted octanol–water partition coefficient (Wildman–Crippen LogP) is 3.76. The van der Waals surface area contributed by atoms with E-state index in [9.17, 15) is 0 Å². The van der Waals surface area contributed by atoms with E-state index in [-0.39, 0.29) is 6.04 Å². The molecule has 174 valence electrons. The molecule has 1 aliphatic heterocycles. The first-order valence-electron chi connectivity index (χ1n) is 12.2. The molecule has 5 rings (SSSR count). The van der Waals surface area contributed by atoms with E-state index >= 15 is 0 Å². The summed E-state index contributed by atoms with van der Waals surface area (Å²) in [5.74, 6) is 0.996. The smallest absolute Gasteiger partial charge is 0.173 e. The quantitative estimate of drug-likeness (QED) is 0.552. The highest BCUT2D eigenvalue weighted by Gasteiger charge is 2.33. The third-order valence-electron chi connectivity index (χ3n) is 7.18. The molecule has 0 spiro atoms. The maximum absolute atomic E-state index is 4.59. The van der Waals surface area contributed by atoms with Crippen LogP contribution >= 0.6 is 0 Å². The van der Waals surface area contributed by atoms with Gasteiger partial charge in [0.1, 0.15) is 0 Å². The zero-order valence-electron chi connectivity index (χ0n) is 19.8. The second kappa shape index (κ2) is 10.0. The molecule has 0 radical (unpaired) electrons. The van der Waals surface area contributed by atoms with E-state index in [4.69, 9.17) is 0 Å². The summed E-state index contributed by atoms with van der Waals surface area (Å²) in [6.07, 6.45) is 4.89. The minimum atomic E-state index is 0.0793. The number of anilines is 1. The minimum absolute atomic E-state index is 0.0793. The summed E-state index contributed by atoms with van der Waals surface area (Å²) in [5.41, 5.74) is 3.86. The van der Waals surface area contributed by atoms with Gasteiger partial charge < -0.3 is 4.90 Å². The first kappa shape index (κ1) is 22.0.